The SMILES string of the molecule is CC(C(=O)NC1CCC(N)CC1)c1ccc(NC(=O)c2ccc3c(c2)OCO3)cc1. The first kappa shape index (κ1) is 20.2. The molecule has 2 aromatic rings. The predicted octanol–water partition coefficient (Wildman–Crippen LogP) is 3.16. The van der Waals surface area contributed by atoms with Gasteiger partial charge in [-0.2, -0.15) is 0 Å². The van der Waals surface area contributed by atoms with E-state index >= 15 is 0 Å². The summed E-state index contributed by atoms with van der Waals surface area (Å²) in [6.07, 6.45) is 3.78. The molecule has 1 aliphatic carbocycles. The zero-order chi connectivity index (χ0) is 21.1. The number of hydrogen-bond donors (Lipinski definition) is 3. The van der Waals surface area contributed by atoms with Gasteiger partial charge in [-0.05, 0) is 68.5 Å². The van der Waals surface area contributed by atoms with Gasteiger partial charge in [-0.3, -0.25) is 9.59 Å². The predicted molar refractivity (Wildman–Crippen MR) is 114 cm³/mol. The van der Waals surface area contributed by atoms with E-state index in [-0.39, 0.29) is 36.6 Å². The van der Waals surface area contributed by atoms with Gasteiger partial charge in [0.2, 0.25) is 12.7 Å². The van der Waals surface area contributed by atoms with Crippen molar-refractivity contribution in [1.29, 1.82) is 0 Å². The van der Waals surface area contributed by atoms with Crippen molar-refractivity contribution in [3.05, 3.63) is 53.6 Å². The third kappa shape index (κ3) is 4.57. The molecule has 0 bridgehead atoms. The monoisotopic (exact) mass is 409 g/mol. The lowest BCUT2D eigenvalue weighted by Crippen LogP contribution is -2.42. The standard InChI is InChI=1S/C23H27N3O4/c1-14(22(27)25-19-9-5-17(24)6-10-19)15-2-7-18(8-3-15)26-23(28)16-4-11-20-21(12-16)30-13-29-20/h2-4,7-8,11-12,14,17,19H,5-6,9-10,13,24H2,1H3,(H,25,27)(H,26,28). The second kappa shape index (κ2) is 8.75. The van der Waals surface area contributed by atoms with Crippen LogP contribution < -0.4 is 25.8 Å². The van der Waals surface area contributed by atoms with Crippen LogP contribution in [-0.2, 0) is 4.79 Å². The molecule has 0 spiro atoms. The summed E-state index contributed by atoms with van der Waals surface area (Å²) in [4.78, 5) is 25.1. The second-order valence-corrected chi connectivity index (χ2v) is 7.99. The van der Waals surface area contributed by atoms with Crippen LogP contribution in [0.5, 0.6) is 11.5 Å². The number of amides is 2. The van der Waals surface area contributed by atoms with Crippen LogP contribution in [0.2, 0.25) is 0 Å². The van der Waals surface area contributed by atoms with Gasteiger partial charge in [0.1, 0.15) is 0 Å². The van der Waals surface area contributed by atoms with E-state index in [1.165, 1.54) is 0 Å². The molecule has 2 amide bonds. The highest BCUT2D eigenvalue weighted by Gasteiger charge is 2.23. The minimum absolute atomic E-state index is 0.0209. The van der Waals surface area contributed by atoms with Gasteiger partial charge in [0, 0.05) is 23.3 Å². The number of rotatable bonds is 5. The van der Waals surface area contributed by atoms with Crippen molar-refractivity contribution in [3.63, 3.8) is 0 Å². The first-order chi connectivity index (χ1) is 14.5. The van der Waals surface area contributed by atoms with Gasteiger partial charge in [0.15, 0.2) is 11.5 Å². The Bertz CT molecular complexity index is 921. The number of carbonyl (C=O) groups is 2. The van der Waals surface area contributed by atoms with Crippen LogP contribution in [0.4, 0.5) is 5.69 Å². The maximum absolute atomic E-state index is 12.6. The summed E-state index contributed by atoms with van der Waals surface area (Å²) in [7, 11) is 0. The number of nitrogens with one attached hydrogen (secondary N) is 2. The quantitative estimate of drug-likeness (QED) is 0.704. The van der Waals surface area contributed by atoms with Crippen LogP contribution in [0.1, 0.15) is 54.4 Å². The van der Waals surface area contributed by atoms with Gasteiger partial charge in [-0.25, -0.2) is 0 Å². The first-order valence-corrected chi connectivity index (χ1v) is 10.4. The molecule has 1 unspecified atom stereocenters. The minimum Gasteiger partial charge on any atom is -0.454 e. The molecule has 0 radical (unpaired) electrons. The third-order valence-electron chi connectivity index (χ3n) is 5.81. The average molecular weight is 409 g/mol. The van der Waals surface area contributed by atoms with Crippen molar-refractivity contribution < 1.29 is 19.1 Å². The highest BCUT2D eigenvalue weighted by atomic mass is 16.7. The fraction of sp³-hybridized carbons (Fsp3) is 0.391. The molecule has 4 N–H and O–H groups in total. The minimum atomic E-state index is -0.265. The molecule has 1 saturated carbocycles. The Labute approximate surface area is 175 Å². The molecule has 30 heavy (non-hydrogen) atoms. The summed E-state index contributed by atoms with van der Waals surface area (Å²) in [6, 6.07) is 12.9. The van der Waals surface area contributed by atoms with Crippen LogP contribution in [0, 0.1) is 0 Å². The van der Waals surface area contributed by atoms with E-state index in [0.717, 1.165) is 31.2 Å². The van der Waals surface area contributed by atoms with Crippen LogP contribution in [0.15, 0.2) is 42.5 Å². The topological polar surface area (TPSA) is 103 Å². The van der Waals surface area contributed by atoms with Crippen LogP contribution >= 0.6 is 0 Å². The number of ether oxygens (including phenoxy) is 2. The third-order valence-corrected chi connectivity index (χ3v) is 5.81. The Balaban J connectivity index is 1.34. The fourth-order valence-corrected chi connectivity index (χ4v) is 3.84. The molecule has 7 heteroatoms. The van der Waals surface area contributed by atoms with Crippen molar-refractivity contribution in [2.75, 3.05) is 12.1 Å². The lowest BCUT2D eigenvalue weighted by molar-refractivity contribution is -0.123. The van der Waals surface area contributed by atoms with Crippen LogP contribution in [0.3, 0.4) is 0 Å². The van der Waals surface area contributed by atoms with Crippen LogP contribution in [0.25, 0.3) is 0 Å². The molecule has 0 aromatic heterocycles. The molecule has 7 nitrogen and oxygen atoms in total. The van der Waals surface area contributed by atoms with E-state index in [1.54, 1.807) is 18.2 Å². The molecule has 4 rings (SSSR count). The summed E-state index contributed by atoms with van der Waals surface area (Å²) in [6.45, 7) is 2.06. The maximum atomic E-state index is 12.6. The van der Waals surface area contributed by atoms with Gasteiger partial charge in [-0.15, -0.1) is 0 Å². The average Bonchev–Trinajstić information content (AvgIpc) is 3.23. The normalized spacial score (nSPS) is 21.0. The zero-order valence-corrected chi connectivity index (χ0v) is 17.0. The lowest BCUT2D eigenvalue weighted by atomic mass is 9.91. The second-order valence-electron chi connectivity index (χ2n) is 7.99. The van der Waals surface area contributed by atoms with Gasteiger partial charge in [0.05, 0.1) is 5.92 Å². The van der Waals surface area contributed by atoms with Crippen molar-refractivity contribution in [1.82, 2.24) is 5.32 Å². The zero-order valence-electron chi connectivity index (χ0n) is 17.0. The number of nitrogens with two attached hydrogens (primary N) is 1. The first-order valence-electron chi connectivity index (χ1n) is 10.4. The molecule has 1 fully saturated rings. The van der Waals surface area contributed by atoms with E-state index in [0.29, 0.717) is 22.7 Å². The molecule has 1 aliphatic heterocycles. The highest BCUT2D eigenvalue weighted by Crippen LogP contribution is 2.32. The number of benzene rings is 2. The number of anilines is 1. The Morgan fingerprint density at radius 3 is 2.43 bits per heavy atom. The van der Waals surface area contributed by atoms with E-state index in [9.17, 15) is 9.59 Å². The molecular formula is C23H27N3O4. The molecule has 1 atom stereocenters. The Morgan fingerprint density at radius 2 is 1.70 bits per heavy atom. The van der Waals surface area contributed by atoms with Crippen LogP contribution in [-0.4, -0.2) is 30.7 Å². The van der Waals surface area contributed by atoms with Crippen molar-refractivity contribution in [2.24, 2.45) is 5.73 Å². The fourth-order valence-electron chi connectivity index (χ4n) is 3.84. The summed E-state index contributed by atoms with van der Waals surface area (Å²) in [5.41, 5.74) is 7.99. The van der Waals surface area contributed by atoms with E-state index < -0.39 is 0 Å². The smallest absolute Gasteiger partial charge is 0.255 e. The number of hydrogen-bond acceptors (Lipinski definition) is 5. The molecule has 2 aromatic carbocycles. The van der Waals surface area contributed by atoms with E-state index in [4.69, 9.17) is 15.2 Å². The molecule has 2 aliphatic rings. The van der Waals surface area contributed by atoms with Gasteiger partial charge in [-0.1, -0.05) is 12.1 Å². The Hall–Kier alpha value is -3.06. The summed E-state index contributed by atoms with van der Waals surface area (Å²) in [5.74, 6) is 0.728. The van der Waals surface area contributed by atoms with Crippen molar-refractivity contribution >= 4 is 17.5 Å². The molecule has 1 heterocycles. The Morgan fingerprint density at radius 1 is 1.00 bits per heavy atom. The lowest BCUT2D eigenvalue weighted by Gasteiger charge is -2.28. The van der Waals surface area contributed by atoms with Crippen molar-refractivity contribution in [3.8, 4) is 11.5 Å². The van der Waals surface area contributed by atoms with E-state index in [1.807, 2.05) is 31.2 Å². The molecule has 158 valence electrons. The van der Waals surface area contributed by atoms with Gasteiger partial charge >= 0.3 is 0 Å². The summed E-state index contributed by atoms with van der Waals surface area (Å²) >= 11 is 0. The van der Waals surface area contributed by atoms with E-state index in [2.05, 4.69) is 10.6 Å². The largest absolute Gasteiger partial charge is 0.454 e. The summed E-state index contributed by atoms with van der Waals surface area (Å²) in [5, 5.41) is 6.01. The Kier molecular flexibility index (Phi) is 5.90. The van der Waals surface area contributed by atoms with Crippen molar-refractivity contribution in [2.45, 2.75) is 50.6 Å². The number of fused-ring (bicyclic) bond motifs is 1. The molecular weight excluding hydrogens is 382 g/mol. The van der Waals surface area contributed by atoms with Gasteiger partial charge < -0.3 is 25.8 Å². The van der Waals surface area contributed by atoms with Gasteiger partial charge in [0.25, 0.3) is 5.91 Å². The molecule has 0 saturated heterocycles. The highest BCUT2D eigenvalue weighted by molar-refractivity contribution is 6.04. The number of carbonyl (C=O) groups excluding carboxylic acids is 2. The maximum Gasteiger partial charge on any atom is 0.255 e. The summed E-state index contributed by atoms with van der Waals surface area (Å²) < 4.78 is 10.6.